The molecule has 8 nitrogen and oxygen atoms in total. The number of anilines is 1. The molecule has 2 unspecified atom stereocenters. The minimum Gasteiger partial charge on any atom is -0.475 e. The van der Waals surface area contributed by atoms with Gasteiger partial charge in [0, 0.05) is 44.5 Å². The lowest BCUT2D eigenvalue weighted by atomic mass is 10.1. The Morgan fingerprint density at radius 1 is 0.949 bits per heavy atom. The Morgan fingerprint density at radius 2 is 1.54 bits per heavy atom. The molecule has 2 fully saturated rings. The van der Waals surface area contributed by atoms with Crippen molar-refractivity contribution in [2.24, 2.45) is 0 Å². The number of nitrogens with zero attached hydrogens (tertiary/aromatic N) is 3. The third-order valence-corrected chi connectivity index (χ3v) is 7.00. The van der Waals surface area contributed by atoms with Crippen molar-refractivity contribution in [1.29, 1.82) is 0 Å². The number of rotatable bonds is 6. The molecule has 2 saturated heterocycles. The monoisotopic (exact) mass is 550 g/mol. The number of likely N-dealkylation sites (tertiary alicyclic amines) is 1. The quantitative estimate of drug-likeness (QED) is 0.546. The SMILES string of the molecule is CC(C(=O)Nc1ccc(Oc2ccccc2)cc1)N1CCCCC(N2CCN(C)CC2)C1.O=C(O)C(F)(F)F. The topological polar surface area (TPSA) is 85.4 Å². The second-order valence-corrected chi connectivity index (χ2v) is 9.89. The van der Waals surface area contributed by atoms with Gasteiger partial charge in [-0.05, 0) is 69.8 Å². The molecule has 39 heavy (non-hydrogen) atoms. The Labute approximate surface area is 227 Å². The van der Waals surface area contributed by atoms with Crippen molar-refractivity contribution in [2.75, 3.05) is 51.6 Å². The third kappa shape index (κ3) is 9.83. The number of benzene rings is 2. The zero-order valence-electron chi connectivity index (χ0n) is 22.4. The molecule has 2 aromatic rings. The first-order valence-electron chi connectivity index (χ1n) is 13.1. The van der Waals surface area contributed by atoms with Crippen molar-refractivity contribution in [3.05, 3.63) is 54.6 Å². The summed E-state index contributed by atoms with van der Waals surface area (Å²) in [6.07, 6.45) is -1.45. The van der Waals surface area contributed by atoms with Crippen molar-refractivity contribution in [3.8, 4) is 11.5 Å². The Kier molecular flexibility index (Phi) is 11.1. The van der Waals surface area contributed by atoms with Crippen molar-refractivity contribution in [2.45, 2.75) is 44.4 Å². The Morgan fingerprint density at radius 3 is 2.13 bits per heavy atom. The Balaban J connectivity index is 0.000000532. The van der Waals surface area contributed by atoms with Gasteiger partial charge in [-0.2, -0.15) is 13.2 Å². The summed E-state index contributed by atoms with van der Waals surface area (Å²) in [6.45, 7) is 8.53. The molecule has 0 spiro atoms. The van der Waals surface area contributed by atoms with Crippen LogP contribution < -0.4 is 10.1 Å². The van der Waals surface area contributed by atoms with Crippen LogP contribution in [-0.4, -0.2) is 96.3 Å². The van der Waals surface area contributed by atoms with Gasteiger partial charge in [0.25, 0.3) is 0 Å². The first kappa shape index (κ1) is 30.4. The molecule has 2 atom stereocenters. The normalized spacial score (nSPS) is 20.2. The number of aliphatic carboxylic acids is 1. The number of nitrogens with one attached hydrogen (secondary N) is 1. The molecular weight excluding hydrogens is 513 g/mol. The summed E-state index contributed by atoms with van der Waals surface area (Å²) in [4.78, 5) is 29.3. The summed E-state index contributed by atoms with van der Waals surface area (Å²) >= 11 is 0. The van der Waals surface area contributed by atoms with E-state index < -0.39 is 12.1 Å². The van der Waals surface area contributed by atoms with Crippen LogP contribution >= 0.6 is 0 Å². The van der Waals surface area contributed by atoms with Gasteiger partial charge in [-0.3, -0.25) is 14.6 Å². The largest absolute Gasteiger partial charge is 0.490 e. The highest BCUT2D eigenvalue weighted by Gasteiger charge is 2.38. The van der Waals surface area contributed by atoms with Crippen LogP contribution in [0.1, 0.15) is 26.2 Å². The second kappa shape index (κ2) is 14.3. The summed E-state index contributed by atoms with van der Waals surface area (Å²) in [5.41, 5.74) is 0.799. The zero-order valence-corrected chi connectivity index (χ0v) is 22.4. The van der Waals surface area contributed by atoms with Gasteiger partial charge in [-0.15, -0.1) is 0 Å². The number of carboxylic acid groups (broad SMARTS) is 1. The van der Waals surface area contributed by atoms with Crippen LogP contribution in [0.25, 0.3) is 0 Å². The van der Waals surface area contributed by atoms with E-state index in [1.54, 1.807) is 0 Å². The molecule has 2 heterocycles. The predicted molar refractivity (Wildman–Crippen MR) is 143 cm³/mol. The molecule has 2 aliphatic heterocycles. The van der Waals surface area contributed by atoms with Gasteiger partial charge in [0.1, 0.15) is 11.5 Å². The van der Waals surface area contributed by atoms with Gasteiger partial charge in [0.05, 0.1) is 6.04 Å². The maximum Gasteiger partial charge on any atom is 0.490 e. The lowest BCUT2D eigenvalue weighted by Crippen LogP contribution is -2.53. The molecule has 0 bridgehead atoms. The number of amides is 1. The van der Waals surface area contributed by atoms with E-state index in [0.29, 0.717) is 6.04 Å². The number of carbonyl (C=O) groups excluding carboxylic acids is 1. The molecule has 11 heteroatoms. The van der Waals surface area contributed by atoms with Crippen LogP contribution in [0.15, 0.2) is 54.6 Å². The molecule has 2 aliphatic rings. The van der Waals surface area contributed by atoms with Crippen LogP contribution in [0.3, 0.4) is 0 Å². The Hall–Kier alpha value is -3.15. The van der Waals surface area contributed by atoms with E-state index in [2.05, 4.69) is 27.1 Å². The van der Waals surface area contributed by atoms with Crippen molar-refractivity contribution < 1.29 is 32.6 Å². The average molecular weight is 551 g/mol. The zero-order chi connectivity index (χ0) is 28.4. The van der Waals surface area contributed by atoms with Crippen molar-refractivity contribution in [3.63, 3.8) is 0 Å². The standard InChI is InChI=1S/C26H36N4O2.C2HF3O2/c1-21(30-15-7-6-8-23(20-30)29-18-16-28(2)17-19-29)26(31)27-22-11-13-25(14-12-22)32-24-9-4-3-5-10-24;3-2(4,5)1(6)7/h3-5,9-14,21,23H,6-8,15-20H2,1-2H3,(H,27,31);(H,6,7). The summed E-state index contributed by atoms with van der Waals surface area (Å²) in [5, 5.41) is 10.2. The van der Waals surface area contributed by atoms with Crippen LogP contribution in [0.4, 0.5) is 18.9 Å². The molecule has 1 amide bonds. The Bertz CT molecular complexity index is 1050. The molecule has 0 aliphatic carbocycles. The summed E-state index contributed by atoms with van der Waals surface area (Å²) in [5.74, 6) is -1.15. The van der Waals surface area contributed by atoms with Crippen molar-refractivity contribution >= 4 is 17.6 Å². The van der Waals surface area contributed by atoms with E-state index in [1.807, 2.05) is 61.5 Å². The van der Waals surface area contributed by atoms with Crippen LogP contribution in [-0.2, 0) is 9.59 Å². The smallest absolute Gasteiger partial charge is 0.475 e. The van der Waals surface area contributed by atoms with Gasteiger partial charge < -0.3 is 20.1 Å². The van der Waals surface area contributed by atoms with Gasteiger partial charge in [0.15, 0.2) is 0 Å². The average Bonchev–Trinajstić information content (AvgIpc) is 3.17. The summed E-state index contributed by atoms with van der Waals surface area (Å²) in [7, 11) is 2.20. The highest BCUT2D eigenvalue weighted by molar-refractivity contribution is 5.94. The fourth-order valence-electron chi connectivity index (χ4n) is 4.63. The molecule has 214 valence electrons. The maximum absolute atomic E-state index is 13.0. The maximum atomic E-state index is 13.0. The number of piperazine rings is 1. The number of likely N-dealkylation sites (N-methyl/N-ethyl adjacent to an activating group) is 1. The number of carboxylic acids is 1. The van der Waals surface area contributed by atoms with Crippen LogP contribution in [0.2, 0.25) is 0 Å². The minimum atomic E-state index is -5.08. The lowest BCUT2D eigenvalue weighted by molar-refractivity contribution is -0.192. The van der Waals surface area contributed by atoms with Gasteiger partial charge in [-0.25, -0.2) is 4.79 Å². The number of alkyl halides is 3. The van der Waals surface area contributed by atoms with E-state index in [1.165, 1.54) is 12.8 Å². The number of ether oxygens (including phenoxy) is 1. The first-order valence-corrected chi connectivity index (χ1v) is 13.1. The molecule has 4 rings (SSSR count). The molecule has 2 N–H and O–H groups in total. The van der Waals surface area contributed by atoms with Gasteiger partial charge in [0.2, 0.25) is 5.91 Å². The second-order valence-electron chi connectivity index (χ2n) is 9.89. The van der Waals surface area contributed by atoms with E-state index in [-0.39, 0.29) is 11.9 Å². The van der Waals surface area contributed by atoms with Crippen molar-refractivity contribution in [1.82, 2.24) is 14.7 Å². The highest BCUT2D eigenvalue weighted by Crippen LogP contribution is 2.24. The first-order chi connectivity index (χ1) is 18.5. The summed E-state index contributed by atoms with van der Waals surface area (Å²) in [6, 6.07) is 17.7. The predicted octanol–water partition coefficient (Wildman–Crippen LogP) is 4.54. The van der Waals surface area contributed by atoms with E-state index in [0.717, 1.165) is 62.9 Å². The number of carbonyl (C=O) groups is 2. The van der Waals surface area contributed by atoms with Gasteiger partial charge >= 0.3 is 12.1 Å². The van der Waals surface area contributed by atoms with E-state index >= 15 is 0 Å². The number of para-hydroxylation sites is 1. The molecule has 0 aromatic heterocycles. The van der Waals surface area contributed by atoms with E-state index in [9.17, 15) is 18.0 Å². The molecule has 2 aromatic carbocycles. The fourth-order valence-corrected chi connectivity index (χ4v) is 4.63. The molecule has 0 saturated carbocycles. The number of hydrogen-bond donors (Lipinski definition) is 2. The van der Waals surface area contributed by atoms with E-state index in [4.69, 9.17) is 14.6 Å². The number of hydrogen-bond acceptors (Lipinski definition) is 6. The fraction of sp³-hybridized carbons (Fsp3) is 0.500. The lowest BCUT2D eigenvalue weighted by Gasteiger charge is -2.40. The van der Waals surface area contributed by atoms with Crippen LogP contribution in [0, 0.1) is 0 Å². The molecular formula is C28H37F3N4O4. The highest BCUT2D eigenvalue weighted by atomic mass is 19.4. The minimum absolute atomic E-state index is 0.0563. The van der Waals surface area contributed by atoms with Gasteiger partial charge in [-0.1, -0.05) is 24.6 Å². The third-order valence-electron chi connectivity index (χ3n) is 7.00. The van der Waals surface area contributed by atoms with Crippen LogP contribution in [0.5, 0.6) is 11.5 Å². The molecule has 0 radical (unpaired) electrons. The summed E-state index contributed by atoms with van der Waals surface area (Å²) < 4.78 is 37.6. The number of halogens is 3.